The lowest BCUT2D eigenvalue weighted by Crippen LogP contribution is -2.10. The number of pyridine rings is 2. The fourth-order valence-corrected chi connectivity index (χ4v) is 2.62. The Morgan fingerprint density at radius 3 is 2.73 bits per heavy atom. The summed E-state index contributed by atoms with van der Waals surface area (Å²) in [5.74, 6) is -0.497. The molecule has 0 amide bonds. The van der Waals surface area contributed by atoms with Crippen LogP contribution in [0.3, 0.4) is 0 Å². The van der Waals surface area contributed by atoms with Crippen molar-refractivity contribution < 1.29 is 9.18 Å². The van der Waals surface area contributed by atoms with E-state index in [2.05, 4.69) is 15.3 Å². The lowest BCUT2D eigenvalue weighted by Gasteiger charge is -2.09. The molecule has 0 aliphatic rings. The first kappa shape index (κ1) is 17.5. The molecule has 0 saturated heterocycles. The van der Waals surface area contributed by atoms with Crippen LogP contribution in [0.15, 0.2) is 54.9 Å². The molecule has 3 N–H and O–H groups in total. The summed E-state index contributed by atoms with van der Waals surface area (Å²) in [6, 6.07) is 12.5. The first-order valence-corrected chi connectivity index (χ1v) is 8.20. The number of aryl methyl sites for hydroxylation is 1. The maximum Gasteiger partial charge on any atom is 0.188 e. The summed E-state index contributed by atoms with van der Waals surface area (Å²) in [6.07, 6.45) is 3.22. The molecule has 0 bridgehead atoms. The van der Waals surface area contributed by atoms with E-state index in [0.717, 1.165) is 16.8 Å². The van der Waals surface area contributed by atoms with Gasteiger partial charge in [0.05, 0.1) is 5.69 Å². The monoisotopic (exact) mass is 350 g/mol. The van der Waals surface area contributed by atoms with E-state index >= 15 is 0 Å². The van der Waals surface area contributed by atoms with Gasteiger partial charge in [-0.05, 0) is 41.8 Å². The average molecular weight is 350 g/mol. The number of anilines is 2. The number of carbonyl (C=O) groups is 1. The minimum absolute atomic E-state index is 0.0931. The van der Waals surface area contributed by atoms with Crippen molar-refractivity contribution >= 4 is 17.3 Å². The van der Waals surface area contributed by atoms with Crippen LogP contribution in [0.2, 0.25) is 0 Å². The minimum Gasteiger partial charge on any atom is -0.382 e. The number of ketones is 1. The molecule has 3 rings (SSSR count). The molecule has 0 saturated carbocycles. The maximum atomic E-state index is 13.9. The van der Waals surface area contributed by atoms with Gasteiger partial charge in [0.1, 0.15) is 11.5 Å². The predicted molar refractivity (Wildman–Crippen MR) is 99.4 cm³/mol. The van der Waals surface area contributed by atoms with Crippen LogP contribution < -0.4 is 11.1 Å². The standard InChI is InChI=1S/C20H19FN4O/c1-13-8-16(21)19(25-11-13)18(26)10-14-4-2-5-15(9-14)12-24-17-6-3-7-23-20(17)22/h2-9,11,24H,10,12H2,1H3,(H2,22,23). The molecule has 2 aromatic heterocycles. The van der Waals surface area contributed by atoms with E-state index in [0.29, 0.717) is 17.9 Å². The molecule has 5 nitrogen and oxygen atoms in total. The summed E-state index contributed by atoms with van der Waals surface area (Å²) in [7, 11) is 0. The van der Waals surface area contributed by atoms with Crippen LogP contribution in [0.5, 0.6) is 0 Å². The van der Waals surface area contributed by atoms with Gasteiger partial charge >= 0.3 is 0 Å². The molecule has 3 aromatic rings. The maximum absolute atomic E-state index is 13.9. The van der Waals surface area contributed by atoms with Crippen LogP contribution in [-0.4, -0.2) is 15.8 Å². The highest BCUT2D eigenvalue weighted by Crippen LogP contribution is 2.16. The summed E-state index contributed by atoms with van der Waals surface area (Å²) >= 11 is 0. The molecule has 132 valence electrons. The number of nitrogen functional groups attached to an aromatic ring is 1. The van der Waals surface area contributed by atoms with Gasteiger partial charge in [-0.1, -0.05) is 24.3 Å². The smallest absolute Gasteiger partial charge is 0.188 e. The fourth-order valence-electron chi connectivity index (χ4n) is 2.62. The molecule has 1 aromatic carbocycles. The number of hydrogen-bond donors (Lipinski definition) is 2. The van der Waals surface area contributed by atoms with Crippen LogP contribution in [-0.2, 0) is 13.0 Å². The van der Waals surface area contributed by atoms with Crippen molar-refractivity contribution in [2.45, 2.75) is 19.9 Å². The third kappa shape index (κ3) is 4.22. The van der Waals surface area contributed by atoms with E-state index in [-0.39, 0.29) is 17.9 Å². The number of aromatic nitrogens is 2. The van der Waals surface area contributed by atoms with Crippen LogP contribution >= 0.6 is 0 Å². The first-order valence-electron chi connectivity index (χ1n) is 8.20. The summed E-state index contributed by atoms with van der Waals surface area (Å²) in [5.41, 5.74) is 8.90. The molecular formula is C20H19FN4O. The molecule has 0 unspecified atom stereocenters. The Labute approximate surface area is 151 Å². The van der Waals surface area contributed by atoms with Gasteiger partial charge in [0.25, 0.3) is 0 Å². The third-order valence-electron chi connectivity index (χ3n) is 3.92. The molecule has 0 aliphatic heterocycles. The Morgan fingerprint density at radius 1 is 1.15 bits per heavy atom. The second-order valence-corrected chi connectivity index (χ2v) is 6.05. The van der Waals surface area contributed by atoms with Gasteiger partial charge < -0.3 is 11.1 Å². The number of nitrogens with two attached hydrogens (primary N) is 1. The zero-order valence-corrected chi connectivity index (χ0v) is 14.4. The second-order valence-electron chi connectivity index (χ2n) is 6.05. The van der Waals surface area contributed by atoms with E-state index in [1.807, 2.05) is 30.3 Å². The molecule has 0 radical (unpaired) electrons. The van der Waals surface area contributed by atoms with Crippen molar-refractivity contribution in [3.8, 4) is 0 Å². The first-order chi connectivity index (χ1) is 12.5. The van der Waals surface area contributed by atoms with Gasteiger partial charge in [-0.15, -0.1) is 0 Å². The Hall–Kier alpha value is -3.28. The van der Waals surface area contributed by atoms with Crippen LogP contribution in [0.4, 0.5) is 15.9 Å². The van der Waals surface area contributed by atoms with Crippen LogP contribution in [0.25, 0.3) is 0 Å². The highest BCUT2D eigenvalue weighted by Gasteiger charge is 2.14. The lowest BCUT2D eigenvalue weighted by molar-refractivity contribution is 0.0984. The molecule has 0 atom stereocenters. The zero-order chi connectivity index (χ0) is 18.5. The highest BCUT2D eigenvalue weighted by atomic mass is 19.1. The highest BCUT2D eigenvalue weighted by molar-refractivity contribution is 5.96. The van der Waals surface area contributed by atoms with Gasteiger partial charge in [0.2, 0.25) is 0 Å². The second kappa shape index (κ2) is 7.74. The Morgan fingerprint density at radius 2 is 1.96 bits per heavy atom. The number of halogens is 1. The average Bonchev–Trinajstić information content (AvgIpc) is 2.61. The normalized spacial score (nSPS) is 10.5. The van der Waals surface area contributed by atoms with Crippen LogP contribution in [0, 0.1) is 12.7 Å². The third-order valence-corrected chi connectivity index (χ3v) is 3.92. The molecule has 6 heteroatoms. The summed E-state index contributed by atoms with van der Waals surface area (Å²) in [4.78, 5) is 20.3. The number of nitrogens with one attached hydrogen (secondary N) is 1. The van der Waals surface area contributed by atoms with E-state index < -0.39 is 5.82 Å². The Kier molecular flexibility index (Phi) is 5.22. The topological polar surface area (TPSA) is 80.9 Å². The largest absolute Gasteiger partial charge is 0.382 e. The van der Waals surface area contributed by atoms with Crippen molar-refractivity contribution in [2.24, 2.45) is 0 Å². The molecule has 26 heavy (non-hydrogen) atoms. The van der Waals surface area contributed by atoms with Crippen molar-refractivity contribution in [3.05, 3.63) is 83.1 Å². The van der Waals surface area contributed by atoms with Gasteiger partial charge in [-0.2, -0.15) is 0 Å². The molecule has 0 spiro atoms. The minimum atomic E-state index is -0.583. The van der Waals surface area contributed by atoms with Gasteiger partial charge in [0, 0.05) is 25.4 Å². The summed E-state index contributed by atoms with van der Waals surface area (Å²) in [5, 5.41) is 3.21. The van der Waals surface area contributed by atoms with Gasteiger partial charge in [-0.3, -0.25) is 4.79 Å². The summed E-state index contributed by atoms with van der Waals surface area (Å²) < 4.78 is 13.9. The van der Waals surface area contributed by atoms with E-state index in [4.69, 9.17) is 5.73 Å². The fraction of sp³-hybridized carbons (Fsp3) is 0.150. The van der Waals surface area contributed by atoms with Gasteiger partial charge in [0.15, 0.2) is 11.6 Å². The van der Waals surface area contributed by atoms with Crippen molar-refractivity contribution in [1.29, 1.82) is 0 Å². The zero-order valence-electron chi connectivity index (χ0n) is 14.4. The summed E-state index contributed by atoms with van der Waals surface area (Å²) in [6.45, 7) is 2.27. The Bertz CT molecular complexity index is 943. The molecule has 2 heterocycles. The number of nitrogens with zero attached hydrogens (tertiary/aromatic N) is 2. The van der Waals surface area contributed by atoms with E-state index in [9.17, 15) is 9.18 Å². The number of hydrogen-bond acceptors (Lipinski definition) is 5. The molecular weight excluding hydrogens is 331 g/mol. The number of Topliss-reactive ketones (excluding diaryl/α,β-unsaturated/α-hetero) is 1. The molecule has 0 fully saturated rings. The lowest BCUT2D eigenvalue weighted by atomic mass is 10.0. The quantitative estimate of drug-likeness (QED) is 0.665. The number of carbonyl (C=O) groups excluding carboxylic acids is 1. The predicted octanol–water partition coefficient (Wildman–Crippen LogP) is 3.54. The SMILES string of the molecule is Cc1cnc(C(=O)Cc2cccc(CNc3cccnc3N)c2)c(F)c1. The van der Waals surface area contributed by atoms with Crippen molar-refractivity contribution in [1.82, 2.24) is 9.97 Å². The van der Waals surface area contributed by atoms with Gasteiger partial charge in [-0.25, -0.2) is 14.4 Å². The van der Waals surface area contributed by atoms with Crippen molar-refractivity contribution in [2.75, 3.05) is 11.1 Å². The Balaban J connectivity index is 1.69. The number of rotatable bonds is 6. The van der Waals surface area contributed by atoms with Crippen LogP contribution in [0.1, 0.15) is 27.2 Å². The van der Waals surface area contributed by atoms with E-state index in [1.54, 1.807) is 19.2 Å². The van der Waals surface area contributed by atoms with E-state index in [1.165, 1.54) is 12.3 Å². The van der Waals surface area contributed by atoms with Crippen molar-refractivity contribution in [3.63, 3.8) is 0 Å². The number of benzene rings is 1. The molecule has 0 aliphatic carbocycles.